The molecule has 59 heavy (non-hydrogen) atoms. The van der Waals surface area contributed by atoms with Gasteiger partial charge in [0.25, 0.3) is 0 Å². The second-order valence-corrected chi connectivity index (χ2v) is 17.5. The Morgan fingerprint density at radius 2 is 1.64 bits per heavy atom. The fraction of sp³-hybridized carbons (Fsp3) is 0.619. The van der Waals surface area contributed by atoms with Crippen molar-refractivity contribution in [1.29, 1.82) is 0 Å². The number of pyridine rings is 1. The van der Waals surface area contributed by atoms with Crippen molar-refractivity contribution >= 4 is 46.3 Å². The number of carboxylic acids is 1. The number of nitrogens with two attached hydrogens (primary N) is 1. The number of carboxylic acid groups (broad SMARTS) is 1. The van der Waals surface area contributed by atoms with Crippen LogP contribution in [0.15, 0.2) is 28.5 Å². The number of aromatic nitrogens is 1. The van der Waals surface area contributed by atoms with Crippen molar-refractivity contribution in [2.75, 3.05) is 38.2 Å². The molecular weight excluding hydrogens is 772 g/mol. The van der Waals surface area contributed by atoms with Gasteiger partial charge in [-0.3, -0.25) is 24.0 Å². The van der Waals surface area contributed by atoms with Gasteiger partial charge in [-0.1, -0.05) is 0 Å². The molecule has 324 valence electrons. The van der Waals surface area contributed by atoms with E-state index in [9.17, 15) is 33.9 Å². The zero-order valence-electron chi connectivity index (χ0n) is 35.0. The van der Waals surface area contributed by atoms with Gasteiger partial charge in [0.15, 0.2) is 11.6 Å². The van der Waals surface area contributed by atoms with E-state index in [0.29, 0.717) is 31.4 Å². The Bertz CT molecular complexity index is 2070. The number of hydrogen-bond donors (Lipinski definition) is 3. The molecule has 17 heteroatoms. The highest BCUT2D eigenvalue weighted by Crippen LogP contribution is 2.44. The van der Waals surface area contributed by atoms with Crippen LogP contribution in [0.5, 0.6) is 5.75 Å². The molecule has 0 radical (unpaired) electrons. The number of methoxy groups -OCH3 is 1. The van der Waals surface area contributed by atoms with E-state index in [1.807, 2.05) is 0 Å². The lowest BCUT2D eigenvalue weighted by atomic mass is 9.97. The Hall–Kier alpha value is -5.06. The Morgan fingerprint density at radius 3 is 2.25 bits per heavy atom. The van der Waals surface area contributed by atoms with E-state index in [4.69, 9.17) is 19.9 Å². The molecular formula is C42H57F2N5O10. The summed E-state index contributed by atoms with van der Waals surface area (Å²) in [6, 6.07) is -1.02. The monoisotopic (exact) mass is 829 g/mol. The molecule has 3 aliphatic rings. The number of halogens is 2. The number of anilines is 1. The number of ether oxygens (including phenoxy) is 3. The van der Waals surface area contributed by atoms with Gasteiger partial charge in [0, 0.05) is 31.9 Å². The van der Waals surface area contributed by atoms with Crippen molar-refractivity contribution < 1.29 is 52.1 Å². The third kappa shape index (κ3) is 10.8. The van der Waals surface area contributed by atoms with Crippen LogP contribution in [0.4, 0.5) is 14.5 Å². The highest BCUT2D eigenvalue weighted by molar-refractivity contribution is 6.00. The first kappa shape index (κ1) is 45.0. The summed E-state index contributed by atoms with van der Waals surface area (Å²) in [5.74, 6) is -6.69. The number of piperidine rings is 1. The normalized spacial score (nSPS) is 19.3. The molecule has 4 N–H and O–H groups in total. The molecule has 0 bridgehead atoms. The van der Waals surface area contributed by atoms with Gasteiger partial charge in [-0.15, -0.1) is 0 Å². The van der Waals surface area contributed by atoms with Crippen molar-refractivity contribution in [2.45, 2.75) is 129 Å². The number of carbonyl (C=O) groups is 5. The molecule has 2 aliphatic heterocycles. The minimum absolute atomic E-state index is 0.0108. The maximum atomic E-state index is 16.0. The molecule has 15 nitrogen and oxygen atoms in total. The lowest BCUT2D eigenvalue weighted by Crippen LogP contribution is -2.50. The third-order valence-corrected chi connectivity index (χ3v) is 10.5. The number of nitrogens with one attached hydrogen (secondary N) is 1. The number of aromatic carboxylic acids is 1. The predicted octanol–water partition coefficient (Wildman–Crippen LogP) is 4.91. The van der Waals surface area contributed by atoms with Crippen LogP contribution in [0.1, 0.15) is 116 Å². The Balaban J connectivity index is 1.30. The second-order valence-electron chi connectivity index (χ2n) is 17.5. The topological polar surface area (TPSA) is 200 Å². The minimum atomic E-state index is -1.42. The number of esters is 2. The fourth-order valence-electron chi connectivity index (χ4n) is 7.67. The van der Waals surface area contributed by atoms with Crippen molar-refractivity contribution in [3.05, 3.63) is 45.3 Å². The Kier molecular flexibility index (Phi) is 13.8. The van der Waals surface area contributed by atoms with Crippen molar-refractivity contribution in [2.24, 2.45) is 11.7 Å². The van der Waals surface area contributed by atoms with Gasteiger partial charge >= 0.3 is 17.9 Å². The first-order valence-electron chi connectivity index (χ1n) is 20.2. The van der Waals surface area contributed by atoms with Gasteiger partial charge < -0.3 is 44.7 Å². The molecule has 1 saturated carbocycles. The summed E-state index contributed by atoms with van der Waals surface area (Å²) >= 11 is 0. The van der Waals surface area contributed by atoms with E-state index in [1.54, 1.807) is 51.0 Å². The molecule has 3 heterocycles. The summed E-state index contributed by atoms with van der Waals surface area (Å²) in [6.07, 6.45) is 4.64. The first-order chi connectivity index (χ1) is 27.6. The van der Waals surface area contributed by atoms with Crippen molar-refractivity contribution in [3.8, 4) is 5.75 Å². The van der Waals surface area contributed by atoms with E-state index >= 15 is 8.78 Å². The minimum Gasteiger partial charge on any atom is -0.492 e. The lowest BCUT2D eigenvalue weighted by molar-refractivity contribution is -0.166. The molecule has 1 aromatic heterocycles. The number of nitrogens with zero attached hydrogens (tertiary/aromatic N) is 3. The highest BCUT2D eigenvalue weighted by Gasteiger charge is 2.41. The van der Waals surface area contributed by atoms with Crippen LogP contribution < -0.4 is 26.1 Å². The number of likely N-dealkylation sites (tertiary alicyclic amines) is 1. The number of carbonyl (C=O) groups excluding carboxylic acids is 4. The van der Waals surface area contributed by atoms with Crippen molar-refractivity contribution in [3.63, 3.8) is 0 Å². The van der Waals surface area contributed by atoms with Crippen LogP contribution in [0, 0.1) is 11.7 Å². The number of hydrogen-bond acceptors (Lipinski definition) is 11. The SMILES string of the molecule is COc1c(N2CCCC(=C(F)CNC(=O)[C@@H]3CCCN3C(=O)[C@H](CCCC(N)C(=O)OC(C)(C)C)C(=O)OC(C)(C)C)C2)c(F)cc2c(=O)c(C(=O)O)cn(C3CC3)c12. The maximum absolute atomic E-state index is 16.0. The average molecular weight is 830 g/mol. The zero-order chi connectivity index (χ0) is 43.6. The molecule has 1 aromatic carbocycles. The third-order valence-electron chi connectivity index (χ3n) is 10.5. The van der Waals surface area contributed by atoms with E-state index in [1.165, 1.54) is 18.2 Å². The number of amides is 2. The Labute approximate surface area is 342 Å². The van der Waals surface area contributed by atoms with Gasteiger partial charge in [-0.2, -0.15) is 0 Å². The highest BCUT2D eigenvalue weighted by atomic mass is 19.1. The van der Waals surface area contributed by atoms with E-state index in [0.717, 1.165) is 18.9 Å². The summed E-state index contributed by atoms with van der Waals surface area (Å²) in [7, 11) is 1.33. The molecule has 2 amide bonds. The number of fused-ring (bicyclic) bond motifs is 1. The molecule has 3 fully saturated rings. The zero-order valence-corrected chi connectivity index (χ0v) is 35.0. The molecule has 0 spiro atoms. The van der Waals surface area contributed by atoms with E-state index in [2.05, 4.69) is 5.32 Å². The van der Waals surface area contributed by atoms with Gasteiger partial charge in [0.2, 0.25) is 17.2 Å². The summed E-state index contributed by atoms with van der Waals surface area (Å²) in [5.41, 5.74) is 3.68. The van der Waals surface area contributed by atoms with Crippen LogP contribution in [0.2, 0.25) is 0 Å². The van der Waals surface area contributed by atoms with E-state index < -0.39 is 88.1 Å². The maximum Gasteiger partial charge on any atom is 0.341 e. The lowest BCUT2D eigenvalue weighted by Gasteiger charge is -2.33. The van der Waals surface area contributed by atoms with Gasteiger partial charge in [0.05, 0.1) is 24.6 Å². The predicted molar refractivity (Wildman–Crippen MR) is 214 cm³/mol. The smallest absolute Gasteiger partial charge is 0.341 e. The summed E-state index contributed by atoms with van der Waals surface area (Å²) in [4.78, 5) is 81.3. The van der Waals surface area contributed by atoms with Crippen LogP contribution in [-0.4, -0.2) is 101 Å². The Morgan fingerprint density at radius 1 is 0.983 bits per heavy atom. The largest absolute Gasteiger partial charge is 0.492 e. The summed E-state index contributed by atoms with van der Waals surface area (Å²) in [6.45, 7) is 10.2. The molecule has 3 atom stereocenters. The van der Waals surface area contributed by atoms with Gasteiger partial charge in [0.1, 0.15) is 46.3 Å². The summed E-state index contributed by atoms with van der Waals surface area (Å²) in [5, 5.41) is 12.1. The van der Waals surface area contributed by atoms with Crippen LogP contribution in [-0.2, 0) is 28.7 Å². The number of benzene rings is 1. The number of rotatable bonds is 14. The van der Waals surface area contributed by atoms with Crippen LogP contribution in [0.25, 0.3) is 10.9 Å². The van der Waals surface area contributed by atoms with Crippen LogP contribution in [0.3, 0.4) is 0 Å². The molecule has 2 aromatic rings. The standard InChI is InChI=1S/C42H57F2N5O10/c1-41(2,3)58-39(55)25(12-8-13-30(45)40(56)59-42(4,5)6)37(52)48-18-10-14-31(48)36(51)46-20-29(44)23-11-9-17-47(21-23)33-28(43)19-26-32(35(33)57-7)49(24-15-16-24)22-27(34(26)50)38(53)54/h19,22,24-25,30-31H,8-18,20-21,45H2,1-7H3,(H,46,51)(H,53,54)/t25-,30?,31-/m0/s1. The second kappa shape index (κ2) is 18.1. The van der Waals surface area contributed by atoms with Gasteiger partial charge in [-0.25, -0.2) is 13.6 Å². The van der Waals surface area contributed by atoms with Crippen LogP contribution >= 0.6 is 0 Å². The first-order valence-corrected chi connectivity index (χ1v) is 20.2. The molecule has 1 aliphatic carbocycles. The van der Waals surface area contributed by atoms with Crippen molar-refractivity contribution in [1.82, 2.24) is 14.8 Å². The average Bonchev–Trinajstić information content (AvgIpc) is 3.88. The van der Waals surface area contributed by atoms with E-state index in [-0.39, 0.29) is 67.2 Å². The fourth-order valence-corrected chi connectivity index (χ4v) is 7.67. The molecule has 1 unspecified atom stereocenters. The molecule has 5 rings (SSSR count). The summed E-state index contributed by atoms with van der Waals surface area (Å²) < 4.78 is 50.2. The quantitative estimate of drug-likeness (QED) is 0.172. The van der Waals surface area contributed by atoms with Gasteiger partial charge in [-0.05, 0) is 111 Å². The molecule has 2 saturated heterocycles.